The topological polar surface area (TPSA) is 66.5 Å². The summed E-state index contributed by atoms with van der Waals surface area (Å²) in [6.45, 7) is 0. The molecule has 0 aliphatic rings. The van der Waals surface area contributed by atoms with Crippen molar-refractivity contribution in [2.24, 2.45) is 0 Å². The zero-order valence-electron chi connectivity index (χ0n) is 10.9. The number of nitriles is 1. The summed E-state index contributed by atoms with van der Waals surface area (Å²) in [5.41, 5.74) is 2.93. The average Bonchev–Trinajstić information content (AvgIpc) is 2.97. The molecule has 1 N–H and O–H groups in total. The Bertz CT molecular complexity index is 784. The second-order valence-electron chi connectivity index (χ2n) is 4.32. The molecule has 3 rings (SSSR count). The van der Waals surface area contributed by atoms with E-state index >= 15 is 0 Å². The van der Waals surface area contributed by atoms with Gasteiger partial charge in [0.05, 0.1) is 35.7 Å². The number of rotatable bonds is 3. The van der Waals surface area contributed by atoms with Gasteiger partial charge in [0, 0.05) is 5.02 Å². The van der Waals surface area contributed by atoms with Crippen LogP contribution >= 0.6 is 11.6 Å². The quantitative estimate of drug-likeness (QED) is 0.802. The van der Waals surface area contributed by atoms with Crippen molar-refractivity contribution in [3.05, 3.63) is 65.7 Å². The highest BCUT2D eigenvalue weighted by Gasteiger charge is 2.02. The van der Waals surface area contributed by atoms with Gasteiger partial charge in [-0.3, -0.25) is 0 Å². The largest absolute Gasteiger partial charge is 0.352 e. The molecule has 0 bridgehead atoms. The molecule has 0 aliphatic heterocycles. The van der Waals surface area contributed by atoms with Gasteiger partial charge in [0.1, 0.15) is 11.8 Å². The van der Waals surface area contributed by atoms with Crippen LogP contribution in [-0.4, -0.2) is 14.8 Å². The normalized spacial score (nSPS) is 10.1. The molecule has 5 nitrogen and oxygen atoms in total. The maximum absolute atomic E-state index is 8.71. The maximum Gasteiger partial charge on any atom is 0.140 e. The van der Waals surface area contributed by atoms with Gasteiger partial charge in [-0.25, -0.2) is 9.67 Å². The van der Waals surface area contributed by atoms with Crippen molar-refractivity contribution in [3.63, 3.8) is 0 Å². The lowest BCUT2D eigenvalue weighted by Crippen LogP contribution is -1.93. The summed E-state index contributed by atoms with van der Waals surface area (Å²) in [5, 5.41) is 16.9. The van der Waals surface area contributed by atoms with E-state index in [9.17, 15) is 0 Å². The van der Waals surface area contributed by atoms with E-state index in [4.69, 9.17) is 16.9 Å². The van der Waals surface area contributed by atoms with E-state index in [1.54, 1.807) is 29.2 Å². The smallest absolute Gasteiger partial charge is 0.140 e. The molecule has 0 spiro atoms. The summed E-state index contributed by atoms with van der Waals surface area (Å²) in [6.07, 6.45) is 5.19. The fourth-order valence-electron chi connectivity index (χ4n) is 1.82. The molecule has 0 saturated heterocycles. The molecule has 0 amide bonds. The monoisotopic (exact) mass is 295 g/mol. The van der Waals surface area contributed by atoms with Crippen molar-refractivity contribution < 1.29 is 0 Å². The third kappa shape index (κ3) is 3.02. The van der Waals surface area contributed by atoms with Crippen LogP contribution in [0.2, 0.25) is 5.02 Å². The van der Waals surface area contributed by atoms with Crippen molar-refractivity contribution in [1.82, 2.24) is 14.8 Å². The molecule has 1 aromatic carbocycles. The highest BCUT2D eigenvalue weighted by molar-refractivity contribution is 6.30. The minimum Gasteiger partial charge on any atom is -0.352 e. The molecule has 102 valence electrons. The summed E-state index contributed by atoms with van der Waals surface area (Å²) in [5.74, 6) is 0. The third-order valence-electron chi connectivity index (χ3n) is 2.84. The first-order valence-electron chi connectivity index (χ1n) is 6.18. The minimum atomic E-state index is 0.386. The molecule has 0 aliphatic carbocycles. The van der Waals surface area contributed by atoms with Crippen LogP contribution in [0.25, 0.3) is 5.69 Å². The first-order valence-corrected chi connectivity index (χ1v) is 6.56. The molecule has 3 aromatic rings. The molecule has 0 fully saturated rings. The number of hydrogen-bond donors (Lipinski definition) is 1. The van der Waals surface area contributed by atoms with E-state index in [0.717, 1.165) is 17.1 Å². The van der Waals surface area contributed by atoms with Crippen LogP contribution in [0.15, 0.2) is 55.0 Å². The van der Waals surface area contributed by atoms with E-state index in [1.807, 2.05) is 36.5 Å². The van der Waals surface area contributed by atoms with E-state index < -0.39 is 0 Å². The van der Waals surface area contributed by atoms with Crippen LogP contribution in [0.4, 0.5) is 11.4 Å². The van der Waals surface area contributed by atoms with Crippen molar-refractivity contribution in [2.45, 2.75) is 0 Å². The van der Waals surface area contributed by atoms with Gasteiger partial charge in [0.25, 0.3) is 0 Å². The van der Waals surface area contributed by atoms with E-state index in [0.29, 0.717) is 10.7 Å². The van der Waals surface area contributed by atoms with Crippen LogP contribution in [-0.2, 0) is 0 Å². The van der Waals surface area contributed by atoms with Gasteiger partial charge in [-0.05, 0) is 36.4 Å². The predicted molar refractivity (Wildman–Crippen MR) is 80.8 cm³/mol. The zero-order valence-corrected chi connectivity index (χ0v) is 11.6. The van der Waals surface area contributed by atoms with Crippen LogP contribution in [0.5, 0.6) is 0 Å². The van der Waals surface area contributed by atoms with Gasteiger partial charge in [0.2, 0.25) is 0 Å². The summed E-state index contributed by atoms with van der Waals surface area (Å²) in [4.78, 5) is 4.00. The third-order valence-corrected chi connectivity index (χ3v) is 3.09. The lowest BCUT2D eigenvalue weighted by atomic mass is 10.3. The number of hydrogen-bond acceptors (Lipinski definition) is 4. The predicted octanol–water partition coefficient (Wildman–Crippen LogP) is 3.54. The van der Waals surface area contributed by atoms with Crippen LogP contribution < -0.4 is 5.32 Å². The van der Waals surface area contributed by atoms with Crippen LogP contribution in [0.3, 0.4) is 0 Å². The van der Waals surface area contributed by atoms with Gasteiger partial charge < -0.3 is 5.32 Å². The van der Waals surface area contributed by atoms with E-state index in [-0.39, 0.29) is 0 Å². The number of nitrogens with zero attached hydrogens (tertiary/aromatic N) is 4. The minimum absolute atomic E-state index is 0.386. The SMILES string of the molecule is N#Cc1ccc(Nc2cnn(-c3ccc(Cl)cc3)c2)cn1. The zero-order chi connectivity index (χ0) is 14.7. The van der Waals surface area contributed by atoms with E-state index in [1.165, 1.54) is 0 Å². The second-order valence-corrected chi connectivity index (χ2v) is 4.76. The fourth-order valence-corrected chi connectivity index (χ4v) is 1.95. The fraction of sp³-hybridized carbons (Fsp3) is 0. The maximum atomic E-state index is 8.71. The van der Waals surface area contributed by atoms with Crippen LogP contribution in [0, 0.1) is 11.3 Å². The van der Waals surface area contributed by atoms with Gasteiger partial charge in [0.15, 0.2) is 0 Å². The summed E-state index contributed by atoms with van der Waals surface area (Å²) in [6, 6.07) is 12.9. The molecule has 6 heteroatoms. The standard InChI is InChI=1S/C15H10ClN5/c16-11-1-5-15(6-2-11)21-10-14(9-19-21)20-13-4-3-12(7-17)18-8-13/h1-6,8-10,20H. The van der Waals surface area contributed by atoms with Gasteiger partial charge in [-0.1, -0.05) is 11.6 Å². The molecule has 0 atom stereocenters. The Balaban J connectivity index is 1.78. The van der Waals surface area contributed by atoms with Crippen LogP contribution in [0.1, 0.15) is 5.69 Å². The van der Waals surface area contributed by atoms with E-state index in [2.05, 4.69) is 15.4 Å². The Kier molecular flexibility index (Phi) is 3.54. The molecule has 0 saturated carbocycles. The molecule has 0 unspecified atom stereocenters. The van der Waals surface area contributed by atoms with Gasteiger partial charge >= 0.3 is 0 Å². The van der Waals surface area contributed by atoms with Crippen molar-refractivity contribution in [2.75, 3.05) is 5.32 Å². The summed E-state index contributed by atoms with van der Waals surface area (Å²) in [7, 11) is 0. The number of pyridine rings is 1. The average molecular weight is 296 g/mol. The lowest BCUT2D eigenvalue weighted by molar-refractivity contribution is 0.881. The van der Waals surface area contributed by atoms with Crippen molar-refractivity contribution >= 4 is 23.0 Å². The number of nitrogens with one attached hydrogen (secondary N) is 1. The molecular weight excluding hydrogens is 286 g/mol. The second kappa shape index (κ2) is 5.65. The molecule has 21 heavy (non-hydrogen) atoms. The lowest BCUT2D eigenvalue weighted by Gasteiger charge is -2.02. The summed E-state index contributed by atoms with van der Waals surface area (Å²) >= 11 is 5.86. The molecule has 2 heterocycles. The van der Waals surface area contributed by atoms with Gasteiger partial charge in [-0.2, -0.15) is 10.4 Å². The Morgan fingerprint density at radius 1 is 1.05 bits per heavy atom. The number of anilines is 2. The van der Waals surface area contributed by atoms with Crippen molar-refractivity contribution in [3.8, 4) is 11.8 Å². The molecular formula is C15H10ClN5. The Morgan fingerprint density at radius 2 is 1.86 bits per heavy atom. The molecule has 0 radical (unpaired) electrons. The highest BCUT2D eigenvalue weighted by Crippen LogP contribution is 2.18. The Labute approximate surface area is 126 Å². The number of halogens is 1. The Hall–Kier alpha value is -2.84. The first kappa shape index (κ1) is 13.2. The number of benzene rings is 1. The summed E-state index contributed by atoms with van der Waals surface area (Å²) < 4.78 is 1.75. The van der Waals surface area contributed by atoms with Crippen molar-refractivity contribution in [1.29, 1.82) is 5.26 Å². The highest BCUT2D eigenvalue weighted by atomic mass is 35.5. The first-order chi connectivity index (χ1) is 10.2. The number of aromatic nitrogens is 3. The Morgan fingerprint density at radius 3 is 2.52 bits per heavy atom. The van der Waals surface area contributed by atoms with Gasteiger partial charge in [-0.15, -0.1) is 0 Å². The molecule has 2 aromatic heterocycles.